The summed E-state index contributed by atoms with van der Waals surface area (Å²) in [5, 5.41) is 3.02. The Labute approximate surface area is 150 Å². The molecular formula is C20H30N2O3. The minimum absolute atomic E-state index is 0.0236. The summed E-state index contributed by atoms with van der Waals surface area (Å²) in [4.78, 5) is 14.2. The predicted molar refractivity (Wildman–Crippen MR) is 97.8 cm³/mol. The molecule has 1 atom stereocenters. The maximum atomic E-state index is 12.4. The Morgan fingerprint density at radius 2 is 2.00 bits per heavy atom. The largest absolute Gasteiger partial charge is 0.381 e. The van der Waals surface area contributed by atoms with Gasteiger partial charge in [-0.15, -0.1) is 0 Å². The number of hydrogen-bond acceptors (Lipinski definition) is 3. The normalized spacial score (nSPS) is 20.8. The number of amides is 2. The Kier molecular flexibility index (Phi) is 6.70. The van der Waals surface area contributed by atoms with Crippen LogP contribution in [0, 0.1) is 0 Å². The van der Waals surface area contributed by atoms with Crippen molar-refractivity contribution >= 4 is 6.03 Å². The second kappa shape index (κ2) is 9.20. The lowest BCUT2D eigenvalue weighted by atomic mass is 9.88. The van der Waals surface area contributed by atoms with Crippen LogP contribution in [-0.2, 0) is 22.3 Å². The fraction of sp³-hybridized carbons (Fsp3) is 0.650. The quantitative estimate of drug-likeness (QED) is 0.806. The molecule has 1 heterocycles. The Balaban J connectivity index is 1.34. The van der Waals surface area contributed by atoms with Gasteiger partial charge < -0.3 is 19.7 Å². The molecule has 2 aliphatic rings. The average molecular weight is 346 g/mol. The van der Waals surface area contributed by atoms with E-state index in [9.17, 15) is 4.79 Å². The Hall–Kier alpha value is -1.59. The Morgan fingerprint density at radius 1 is 1.24 bits per heavy atom. The number of rotatable bonds is 6. The molecule has 5 heteroatoms. The maximum Gasteiger partial charge on any atom is 0.317 e. The highest BCUT2D eigenvalue weighted by Crippen LogP contribution is 2.23. The lowest BCUT2D eigenvalue weighted by Gasteiger charge is -2.32. The van der Waals surface area contributed by atoms with E-state index in [1.165, 1.54) is 11.1 Å². The van der Waals surface area contributed by atoms with Crippen LogP contribution in [0.25, 0.3) is 0 Å². The molecule has 3 rings (SSSR count). The van der Waals surface area contributed by atoms with E-state index in [2.05, 4.69) is 29.6 Å². The fourth-order valence-electron chi connectivity index (χ4n) is 3.66. The van der Waals surface area contributed by atoms with Crippen LogP contribution in [-0.4, -0.2) is 56.5 Å². The van der Waals surface area contributed by atoms with Gasteiger partial charge in [0.2, 0.25) is 0 Å². The molecule has 1 fully saturated rings. The highest BCUT2D eigenvalue weighted by Gasteiger charge is 2.24. The van der Waals surface area contributed by atoms with Crippen molar-refractivity contribution in [2.24, 2.45) is 0 Å². The summed E-state index contributed by atoms with van der Waals surface area (Å²) in [5.41, 5.74) is 2.81. The SMILES string of the molecule is CN(C(=O)NCCCOC1CCOCC1)[C@H]1CCc2ccccc2C1. The van der Waals surface area contributed by atoms with Crippen LogP contribution in [0.1, 0.15) is 36.8 Å². The number of benzene rings is 1. The number of aryl methyl sites for hydroxylation is 1. The molecule has 138 valence electrons. The highest BCUT2D eigenvalue weighted by atomic mass is 16.5. The molecule has 0 bridgehead atoms. The first-order chi connectivity index (χ1) is 12.2. The van der Waals surface area contributed by atoms with Gasteiger partial charge in [-0.1, -0.05) is 24.3 Å². The van der Waals surface area contributed by atoms with Crippen molar-refractivity contribution in [2.45, 2.75) is 50.7 Å². The number of likely N-dealkylation sites (N-methyl/N-ethyl adjacent to an activating group) is 1. The van der Waals surface area contributed by atoms with E-state index in [1.807, 2.05) is 11.9 Å². The number of urea groups is 1. The van der Waals surface area contributed by atoms with E-state index in [-0.39, 0.29) is 12.1 Å². The van der Waals surface area contributed by atoms with Gasteiger partial charge in [0.25, 0.3) is 0 Å². The number of nitrogens with zero attached hydrogens (tertiary/aromatic N) is 1. The van der Waals surface area contributed by atoms with E-state index in [4.69, 9.17) is 9.47 Å². The van der Waals surface area contributed by atoms with Gasteiger partial charge in [0, 0.05) is 39.5 Å². The molecule has 0 unspecified atom stereocenters. The molecule has 0 spiro atoms. The van der Waals surface area contributed by atoms with Crippen LogP contribution in [0.4, 0.5) is 4.79 Å². The van der Waals surface area contributed by atoms with Gasteiger partial charge >= 0.3 is 6.03 Å². The molecule has 25 heavy (non-hydrogen) atoms. The predicted octanol–water partition coefficient (Wildman–Crippen LogP) is 2.77. The molecule has 0 aromatic heterocycles. The van der Waals surface area contributed by atoms with Crippen molar-refractivity contribution < 1.29 is 14.3 Å². The van der Waals surface area contributed by atoms with E-state index in [1.54, 1.807) is 0 Å². The number of nitrogens with one attached hydrogen (secondary N) is 1. The highest BCUT2D eigenvalue weighted by molar-refractivity contribution is 5.74. The first-order valence-electron chi connectivity index (χ1n) is 9.51. The second-order valence-electron chi connectivity index (χ2n) is 7.04. The van der Waals surface area contributed by atoms with Gasteiger partial charge in [-0.25, -0.2) is 4.79 Å². The summed E-state index contributed by atoms with van der Waals surface area (Å²) in [6.45, 7) is 2.97. The Bertz CT molecular complexity index is 558. The number of fused-ring (bicyclic) bond motifs is 1. The fourth-order valence-corrected chi connectivity index (χ4v) is 3.66. The molecule has 1 aliphatic heterocycles. The molecule has 0 radical (unpaired) electrons. The summed E-state index contributed by atoms with van der Waals surface area (Å²) in [6.07, 6.45) is 6.19. The number of hydrogen-bond donors (Lipinski definition) is 1. The lowest BCUT2D eigenvalue weighted by Crippen LogP contribution is -2.46. The van der Waals surface area contributed by atoms with E-state index >= 15 is 0 Å². The zero-order valence-corrected chi connectivity index (χ0v) is 15.2. The van der Waals surface area contributed by atoms with Crippen molar-refractivity contribution in [3.63, 3.8) is 0 Å². The van der Waals surface area contributed by atoms with Crippen LogP contribution in [0.5, 0.6) is 0 Å². The van der Waals surface area contributed by atoms with E-state index < -0.39 is 0 Å². The van der Waals surface area contributed by atoms with Gasteiger partial charge in [0.05, 0.1) is 6.10 Å². The minimum Gasteiger partial charge on any atom is -0.381 e. The molecule has 1 aromatic rings. The van der Waals surface area contributed by atoms with Crippen LogP contribution in [0.15, 0.2) is 24.3 Å². The summed E-state index contributed by atoms with van der Waals surface area (Å²) < 4.78 is 11.2. The summed E-state index contributed by atoms with van der Waals surface area (Å²) in [5.74, 6) is 0. The van der Waals surface area contributed by atoms with Crippen molar-refractivity contribution in [3.8, 4) is 0 Å². The molecule has 5 nitrogen and oxygen atoms in total. The van der Waals surface area contributed by atoms with Crippen LogP contribution < -0.4 is 5.32 Å². The van der Waals surface area contributed by atoms with E-state index in [0.29, 0.717) is 19.3 Å². The average Bonchev–Trinajstić information content (AvgIpc) is 2.67. The van der Waals surface area contributed by atoms with Crippen LogP contribution in [0.2, 0.25) is 0 Å². The van der Waals surface area contributed by atoms with Crippen LogP contribution >= 0.6 is 0 Å². The molecule has 1 N–H and O–H groups in total. The van der Waals surface area contributed by atoms with Gasteiger partial charge in [-0.2, -0.15) is 0 Å². The summed E-state index contributed by atoms with van der Waals surface area (Å²) in [6, 6.07) is 8.87. The monoisotopic (exact) mass is 346 g/mol. The lowest BCUT2D eigenvalue weighted by molar-refractivity contribution is -0.0321. The van der Waals surface area contributed by atoms with E-state index in [0.717, 1.165) is 51.7 Å². The van der Waals surface area contributed by atoms with Gasteiger partial charge in [0.1, 0.15) is 0 Å². The second-order valence-corrected chi connectivity index (χ2v) is 7.04. The molecule has 1 aliphatic carbocycles. The third-order valence-corrected chi connectivity index (χ3v) is 5.31. The van der Waals surface area contributed by atoms with Gasteiger partial charge in [-0.05, 0) is 49.7 Å². The summed E-state index contributed by atoms with van der Waals surface area (Å²) in [7, 11) is 1.91. The smallest absolute Gasteiger partial charge is 0.317 e. The van der Waals surface area contributed by atoms with Crippen molar-refractivity contribution in [1.82, 2.24) is 10.2 Å². The zero-order valence-electron chi connectivity index (χ0n) is 15.2. The first kappa shape index (κ1) is 18.2. The molecule has 1 aromatic carbocycles. The zero-order chi connectivity index (χ0) is 17.5. The molecule has 1 saturated heterocycles. The van der Waals surface area contributed by atoms with Crippen LogP contribution in [0.3, 0.4) is 0 Å². The van der Waals surface area contributed by atoms with Gasteiger partial charge in [-0.3, -0.25) is 0 Å². The topological polar surface area (TPSA) is 50.8 Å². The first-order valence-corrected chi connectivity index (χ1v) is 9.51. The summed E-state index contributed by atoms with van der Waals surface area (Å²) >= 11 is 0. The molecule has 0 saturated carbocycles. The van der Waals surface area contributed by atoms with Crippen molar-refractivity contribution in [1.29, 1.82) is 0 Å². The minimum atomic E-state index is 0.0236. The maximum absolute atomic E-state index is 12.4. The van der Waals surface area contributed by atoms with Crippen molar-refractivity contribution in [3.05, 3.63) is 35.4 Å². The third-order valence-electron chi connectivity index (χ3n) is 5.31. The standard InChI is InChI=1S/C20H30N2O3/c1-22(18-8-7-16-5-2-3-6-17(16)15-18)20(23)21-11-4-12-25-19-9-13-24-14-10-19/h2-3,5-6,18-19H,4,7-15H2,1H3,(H,21,23)/t18-/m0/s1. The molecule has 2 amide bonds. The third kappa shape index (κ3) is 5.19. The van der Waals surface area contributed by atoms with Crippen molar-refractivity contribution in [2.75, 3.05) is 33.4 Å². The Morgan fingerprint density at radius 3 is 2.80 bits per heavy atom. The molecular weight excluding hydrogens is 316 g/mol. The van der Waals surface area contributed by atoms with Gasteiger partial charge in [0.15, 0.2) is 0 Å². The number of ether oxygens (including phenoxy) is 2. The number of carbonyl (C=O) groups is 1. The number of carbonyl (C=O) groups excluding carboxylic acids is 1.